The minimum Gasteiger partial charge on any atom is -0.420 e. The average molecular weight is 447 g/mol. The number of hydrogen-bond acceptors (Lipinski definition) is 6. The van der Waals surface area contributed by atoms with E-state index in [-0.39, 0.29) is 11.6 Å². The van der Waals surface area contributed by atoms with Crippen LogP contribution in [-0.2, 0) is 5.75 Å². The fourth-order valence-electron chi connectivity index (χ4n) is 4.57. The van der Waals surface area contributed by atoms with E-state index in [9.17, 15) is 4.79 Å². The third kappa shape index (κ3) is 3.97. The lowest BCUT2D eigenvalue weighted by Gasteiger charge is -2.36. The molecule has 0 saturated heterocycles. The second kappa shape index (κ2) is 8.90. The maximum Gasteiger partial charge on any atom is 0.262 e. The first-order valence-electron chi connectivity index (χ1n) is 11.1. The van der Waals surface area contributed by atoms with Gasteiger partial charge in [0.15, 0.2) is 5.16 Å². The van der Waals surface area contributed by atoms with Crippen molar-refractivity contribution in [1.82, 2.24) is 19.7 Å². The summed E-state index contributed by atoms with van der Waals surface area (Å²) in [7, 11) is 0. The predicted molar refractivity (Wildman–Crippen MR) is 127 cm³/mol. The lowest BCUT2D eigenvalue weighted by atomic mass is 9.78. The summed E-state index contributed by atoms with van der Waals surface area (Å²) in [5.74, 6) is 2.47. The third-order valence-electron chi connectivity index (χ3n) is 6.58. The molecule has 7 heteroatoms. The Kier molecular flexibility index (Phi) is 5.83. The van der Waals surface area contributed by atoms with Gasteiger partial charge >= 0.3 is 0 Å². The molecule has 4 aromatic rings. The Morgan fingerprint density at radius 2 is 1.81 bits per heavy atom. The molecule has 1 fully saturated rings. The van der Waals surface area contributed by atoms with Crippen molar-refractivity contribution in [2.45, 2.75) is 50.1 Å². The van der Waals surface area contributed by atoms with Gasteiger partial charge in [-0.2, -0.15) is 0 Å². The first kappa shape index (κ1) is 20.9. The summed E-state index contributed by atoms with van der Waals surface area (Å²) in [4.78, 5) is 18.4. The van der Waals surface area contributed by atoms with Gasteiger partial charge in [0, 0.05) is 11.6 Å². The highest BCUT2D eigenvalue weighted by Crippen LogP contribution is 2.39. The highest BCUT2D eigenvalue weighted by atomic mass is 32.2. The molecule has 2 aromatic heterocycles. The smallest absolute Gasteiger partial charge is 0.262 e. The van der Waals surface area contributed by atoms with Crippen LogP contribution in [0, 0.1) is 11.8 Å². The normalized spacial score (nSPS) is 21.1. The van der Waals surface area contributed by atoms with Gasteiger partial charge < -0.3 is 4.42 Å². The number of aromatic nitrogens is 4. The summed E-state index contributed by atoms with van der Waals surface area (Å²) in [6.07, 6.45) is 3.33. The van der Waals surface area contributed by atoms with Crippen LogP contribution in [0.1, 0.15) is 45.0 Å². The lowest BCUT2D eigenvalue weighted by Crippen LogP contribution is -2.35. The number of para-hydroxylation sites is 1. The fraction of sp³-hybridized carbons (Fsp3) is 0.360. The van der Waals surface area contributed by atoms with Gasteiger partial charge in [-0.1, -0.05) is 68.8 Å². The van der Waals surface area contributed by atoms with Gasteiger partial charge in [0.25, 0.3) is 5.56 Å². The van der Waals surface area contributed by atoms with E-state index in [1.807, 2.05) is 59.2 Å². The molecule has 2 heterocycles. The zero-order valence-electron chi connectivity index (χ0n) is 18.3. The number of benzene rings is 2. The molecule has 2 aromatic carbocycles. The second-order valence-electron chi connectivity index (χ2n) is 8.58. The Balaban J connectivity index is 1.49. The molecule has 0 N–H and O–H groups in total. The van der Waals surface area contributed by atoms with Crippen LogP contribution in [-0.4, -0.2) is 19.7 Å². The molecule has 0 spiro atoms. The van der Waals surface area contributed by atoms with Crippen molar-refractivity contribution in [3.8, 4) is 11.5 Å². The van der Waals surface area contributed by atoms with Crippen molar-refractivity contribution in [2.75, 3.05) is 0 Å². The molecule has 1 saturated carbocycles. The molecule has 3 unspecified atom stereocenters. The van der Waals surface area contributed by atoms with Gasteiger partial charge in [0.05, 0.1) is 16.7 Å². The summed E-state index contributed by atoms with van der Waals surface area (Å²) in [5, 5.41) is 9.78. The van der Waals surface area contributed by atoms with Gasteiger partial charge in [-0.15, -0.1) is 10.2 Å². The van der Waals surface area contributed by atoms with Crippen LogP contribution in [0.2, 0.25) is 0 Å². The van der Waals surface area contributed by atoms with E-state index < -0.39 is 0 Å². The monoisotopic (exact) mass is 446 g/mol. The van der Waals surface area contributed by atoms with Crippen molar-refractivity contribution in [3.63, 3.8) is 0 Å². The third-order valence-corrected chi connectivity index (χ3v) is 7.52. The van der Waals surface area contributed by atoms with E-state index in [0.717, 1.165) is 29.1 Å². The largest absolute Gasteiger partial charge is 0.420 e. The maximum atomic E-state index is 13.6. The zero-order chi connectivity index (χ0) is 22.1. The number of hydrogen-bond donors (Lipinski definition) is 0. The molecule has 0 bridgehead atoms. The highest BCUT2D eigenvalue weighted by Gasteiger charge is 2.31. The molecule has 1 aliphatic carbocycles. The molecule has 0 amide bonds. The Bertz CT molecular complexity index is 1280. The average Bonchev–Trinajstić information content (AvgIpc) is 3.30. The highest BCUT2D eigenvalue weighted by molar-refractivity contribution is 7.98. The molecule has 3 atom stereocenters. The van der Waals surface area contributed by atoms with Crippen LogP contribution in [0.15, 0.2) is 69.0 Å². The predicted octanol–water partition coefficient (Wildman–Crippen LogP) is 5.74. The second-order valence-corrected chi connectivity index (χ2v) is 9.52. The summed E-state index contributed by atoms with van der Waals surface area (Å²) >= 11 is 1.49. The van der Waals surface area contributed by atoms with Gasteiger partial charge in [0.1, 0.15) is 0 Å². The molecule has 5 rings (SSSR count). The van der Waals surface area contributed by atoms with Crippen molar-refractivity contribution in [3.05, 3.63) is 70.8 Å². The molecular weight excluding hydrogens is 420 g/mol. The van der Waals surface area contributed by atoms with Crippen molar-refractivity contribution in [1.29, 1.82) is 0 Å². The van der Waals surface area contributed by atoms with Gasteiger partial charge in [-0.3, -0.25) is 9.36 Å². The molecule has 0 aliphatic heterocycles. The molecular formula is C25H26N4O2S. The Labute approximate surface area is 191 Å². The van der Waals surface area contributed by atoms with E-state index in [4.69, 9.17) is 9.40 Å². The van der Waals surface area contributed by atoms with Crippen molar-refractivity contribution >= 4 is 22.7 Å². The molecule has 0 radical (unpaired) electrons. The van der Waals surface area contributed by atoms with Crippen LogP contribution >= 0.6 is 11.8 Å². The molecule has 32 heavy (non-hydrogen) atoms. The van der Waals surface area contributed by atoms with Crippen molar-refractivity contribution < 1.29 is 4.42 Å². The molecule has 1 aliphatic rings. The standard InChI is InChI=1S/C25H26N4O2S/c1-16-9-8-14-21(17(16)2)29-24(30)19-12-6-7-13-20(19)26-25(29)32-15-22-27-28-23(31-22)18-10-4-3-5-11-18/h3-7,10-13,16-17,21H,8-9,14-15H2,1-2H3. The van der Waals surface area contributed by atoms with Crippen LogP contribution in [0.25, 0.3) is 22.4 Å². The number of rotatable bonds is 5. The van der Waals surface area contributed by atoms with E-state index in [2.05, 4.69) is 24.0 Å². The van der Waals surface area contributed by atoms with Gasteiger partial charge in [0.2, 0.25) is 11.8 Å². The molecule has 164 valence electrons. The van der Waals surface area contributed by atoms with Crippen LogP contribution < -0.4 is 5.56 Å². The van der Waals surface area contributed by atoms with Crippen molar-refractivity contribution in [2.24, 2.45) is 11.8 Å². The summed E-state index contributed by atoms with van der Waals surface area (Å²) in [6, 6.07) is 17.5. The number of thioether (sulfide) groups is 1. The van der Waals surface area contributed by atoms with Gasteiger partial charge in [-0.25, -0.2) is 4.98 Å². The van der Waals surface area contributed by atoms with Gasteiger partial charge in [-0.05, 0) is 42.5 Å². The van der Waals surface area contributed by atoms with Crippen LogP contribution in [0.4, 0.5) is 0 Å². The summed E-state index contributed by atoms with van der Waals surface area (Å²) in [5.41, 5.74) is 1.66. The number of fused-ring (bicyclic) bond motifs is 1. The first-order chi connectivity index (χ1) is 15.6. The summed E-state index contributed by atoms with van der Waals surface area (Å²) < 4.78 is 7.81. The van der Waals surface area contributed by atoms with E-state index >= 15 is 0 Å². The minimum atomic E-state index is 0.0413. The van der Waals surface area contributed by atoms with E-state index in [1.54, 1.807) is 0 Å². The Hall–Kier alpha value is -2.93. The SMILES string of the molecule is CC1CCCC(n2c(SCc3nnc(-c4ccccc4)o3)nc3ccccc3c2=O)C1C. The Morgan fingerprint density at radius 3 is 2.66 bits per heavy atom. The summed E-state index contributed by atoms with van der Waals surface area (Å²) in [6.45, 7) is 4.54. The van der Waals surface area contributed by atoms with Crippen LogP contribution in [0.5, 0.6) is 0 Å². The Morgan fingerprint density at radius 1 is 1.03 bits per heavy atom. The number of nitrogens with zero attached hydrogens (tertiary/aromatic N) is 4. The topological polar surface area (TPSA) is 73.8 Å². The lowest BCUT2D eigenvalue weighted by molar-refractivity contribution is 0.173. The maximum absolute atomic E-state index is 13.6. The fourth-order valence-corrected chi connectivity index (χ4v) is 5.46. The molecule has 6 nitrogen and oxygen atoms in total. The quantitative estimate of drug-likeness (QED) is 0.288. The van der Waals surface area contributed by atoms with E-state index in [0.29, 0.717) is 34.8 Å². The minimum absolute atomic E-state index is 0.0413. The first-order valence-corrected chi connectivity index (χ1v) is 12.1. The van der Waals surface area contributed by atoms with E-state index in [1.165, 1.54) is 18.2 Å². The van der Waals surface area contributed by atoms with Crippen LogP contribution in [0.3, 0.4) is 0 Å². The zero-order valence-corrected chi connectivity index (χ0v) is 19.1.